The first-order chi connectivity index (χ1) is 17.6. The monoisotopic (exact) mass is 513 g/mol. The van der Waals surface area contributed by atoms with Crippen LogP contribution in [-0.4, -0.2) is 27.2 Å². The summed E-state index contributed by atoms with van der Waals surface area (Å²) < 4.78 is 7.93. The van der Waals surface area contributed by atoms with E-state index in [-0.39, 0.29) is 12.5 Å². The van der Waals surface area contributed by atoms with Gasteiger partial charge in [0, 0.05) is 17.0 Å². The van der Waals surface area contributed by atoms with E-state index in [0.717, 1.165) is 28.2 Å². The maximum Gasteiger partial charge on any atom is 0.273 e. The number of carbonyl (C=O) groups is 1. The van der Waals surface area contributed by atoms with Gasteiger partial charge in [-0.25, -0.2) is 4.68 Å². The molecule has 5 nitrogen and oxygen atoms in total. The first-order valence-electron chi connectivity index (χ1n) is 11.5. The summed E-state index contributed by atoms with van der Waals surface area (Å²) in [6.07, 6.45) is 5.59. The quantitative estimate of drug-likeness (QED) is 0.160. The highest BCUT2D eigenvalue weighted by atomic mass is 35.5. The normalized spacial score (nSPS) is 19.1. The second kappa shape index (κ2) is 10.2. The largest absolute Gasteiger partial charge is 0.340 e. The van der Waals surface area contributed by atoms with E-state index in [9.17, 15) is 4.79 Å². The summed E-state index contributed by atoms with van der Waals surface area (Å²) in [4.78, 5) is 14.4. The Bertz CT molecular complexity index is 1400. The predicted molar refractivity (Wildman–Crippen MR) is 145 cm³/mol. The highest BCUT2D eigenvalue weighted by Gasteiger charge is 2.65. The standard InChI is InChI=1S/C29H24ClN3O2S/c1-3-19-35-29(36-20-22-13-7-4-8-14-22)26(32(28(29)34)23-15-9-5-10-16-23)25-21(2)31-33(27(25)30)24-17-11-6-12-18-24/h1,4-18,26H,19-20H2,2H3/t26-,29+/m1/s1. The lowest BCUT2D eigenvalue weighted by molar-refractivity contribution is -0.146. The number of anilines is 1. The molecule has 0 saturated carbocycles. The molecule has 1 amide bonds. The van der Waals surface area contributed by atoms with Gasteiger partial charge in [0.05, 0.1) is 11.4 Å². The number of para-hydroxylation sites is 2. The van der Waals surface area contributed by atoms with Crippen molar-refractivity contribution in [2.24, 2.45) is 0 Å². The minimum absolute atomic E-state index is 0.00382. The molecule has 3 aromatic carbocycles. The molecule has 0 N–H and O–H groups in total. The average molecular weight is 514 g/mol. The molecule has 36 heavy (non-hydrogen) atoms. The van der Waals surface area contributed by atoms with E-state index in [4.69, 9.17) is 27.9 Å². The smallest absolute Gasteiger partial charge is 0.273 e. The van der Waals surface area contributed by atoms with Gasteiger partial charge in [-0.15, -0.1) is 18.2 Å². The van der Waals surface area contributed by atoms with Crippen LogP contribution in [0.25, 0.3) is 5.69 Å². The summed E-state index contributed by atoms with van der Waals surface area (Å²) in [6, 6.07) is 28.7. The number of benzene rings is 3. The van der Waals surface area contributed by atoms with Crippen molar-refractivity contribution in [1.82, 2.24) is 9.78 Å². The van der Waals surface area contributed by atoms with Crippen LogP contribution in [0, 0.1) is 19.3 Å². The van der Waals surface area contributed by atoms with Crippen molar-refractivity contribution in [1.29, 1.82) is 0 Å². The van der Waals surface area contributed by atoms with Crippen molar-refractivity contribution < 1.29 is 9.53 Å². The number of terminal acetylenes is 1. The zero-order chi connectivity index (χ0) is 25.1. The molecule has 0 spiro atoms. The van der Waals surface area contributed by atoms with E-state index >= 15 is 0 Å². The number of carbonyl (C=O) groups excluding carboxylic acids is 1. The number of amides is 1. The number of β-lactam (4-membered cyclic amide) rings is 1. The van der Waals surface area contributed by atoms with Gasteiger partial charge in [-0.3, -0.25) is 9.69 Å². The lowest BCUT2D eigenvalue weighted by Gasteiger charge is -2.54. The van der Waals surface area contributed by atoms with Crippen molar-refractivity contribution in [2.45, 2.75) is 23.7 Å². The molecule has 0 bridgehead atoms. The summed E-state index contributed by atoms with van der Waals surface area (Å²) in [5.41, 5.74) is 4.13. The third-order valence-corrected chi connectivity index (χ3v) is 7.94. The lowest BCUT2D eigenvalue weighted by atomic mass is 9.89. The molecule has 5 rings (SSSR count). The summed E-state index contributed by atoms with van der Waals surface area (Å²) in [5, 5.41) is 5.18. The van der Waals surface area contributed by atoms with Crippen molar-refractivity contribution in [3.05, 3.63) is 113 Å². The van der Waals surface area contributed by atoms with E-state index in [1.54, 1.807) is 9.58 Å². The maximum absolute atomic E-state index is 13.9. The Morgan fingerprint density at radius 1 is 1.00 bits per heavy atom. The number of rotatable bonds is 8. The van der Waals surface area contributed by atoms with Gasteiger partial charge in [-0.1, -0.05) is 84.3 Å². The van der Waals surface area contributed by atoms with E-state index in [1.807, 2.05) is 97.9 Å². The van der Waals surface area contributed by atoms with E-state index in [1.165, 1.54) is 11.8 Å². The summed E-state index contributed by atoms with van der Waals surface area (Å²) >= 11 is 8.44. The van der Waals surface area contributed by atoms with Crippen molar-refractivity contribution in [3.63, 3.8) is 0 Å². The molecule has 0 aliphatic carbocycles. The van der Waals surface area contributed by atoms with Gasteiger partial charge in [0.2, 0.25) is 4.93 Å². The van der Waals surface area contributed by atoms with Gasteiger partial charge >= 0.3 is 0 Å². The van der Waals surface area contributed by atoms with Crippen LogP contribution in [0.2, 0.25) is 5.15 Å². The van der Waals surface area contributed by atoms with Crippen LogP contribution in [0.5, 0.6) is 0 Å². The second-order valence-corrected chi connectivity index (χ2v) is 9.93. The molecular weight excluding hydrogens is 490 g/mol. The fraction of sp³-hybridized carbons (Fsp3) is 0.172. The summed E-state index contributed by atoms with van der Waals surface area (Å²) in [5.74, 6) is 2.94. The number of aromatic nitrogens is 2. The maximum atomic E-state index is 13.9. The van der Waals surface area contributed by atoms with Crippen molar-refractivity contribution >= 4 is 35.0 Å². The highest BCUT2D eigenvalue weighted by Crippen LogP contribution is 2.57. The SMILES string of the molecule is C#CCO[C@@]1(SCc2ccccc2)C(=O)N(c2ccccc2)[C@@H]1c1c(C)nn(-c2ccccc2)c1Cl. The molecule has 1 saturated heterocycles. The zero-order valence-corrected chi connectivity index (χ0v) is 21.2. The molecule has 2 heterocycles. The fourth-order valence-corrected chi connectivity index (χ4v) is 6.17. The van der Waals surface area contributed by atoms with Crippen molar-refractivity contribution in [2.75, 3.05) is 11.5 Å². The van der Waals surface area contributed by atoms with Gasteiger partial charge in [-0.2, -0.15) is 5.10 Å². The third-order valence-electron chi connectivity index (χ3n) is 6.16. The Morgan fingerprint density at radius 2 is 1.58 bits per heavy atom. The van der Waals surface area contributed by atoms with Gasteiger partial charge in [0.15, 0.2) is 0 Å². The molecule has 1 aromatic heterocycles. The Hall–Kier alpha value is -3.50. The van der Waals surface area contributed by atoms with Gasteiger partial charge in [-0.05, 0) is 36.8 Å². The molecule has 2 atom stereocenters. The molecule has 4 aromatic rings. The van der Waals surface area contributed by atoms with Crippen LogP contribution in [-0.2, 0) is 15.3 Å². The Balaban J connectivity index is 1.63. The van der Waals surface area contributed by atoms with Crippen LogP contribution in [0.1, 0.15) is 22.9 Å². The van der Waals surface area contributed by atoms with Crippen molar-refractivity contribution in [3.8, 4) is 18.0 Å². The predicted octanol–water partition coefficient (Wildman–Crippen LogP) is 6.20. The fourth-order valence-electron chi connectivity index (χ4n) is 4.48. The topological polar surface area (TPSA) is 47.4 Å². The highest BCUT2D eigenvalue weighted by molar-refractivity contribution is 8.00. The van der Waals surface area contributed by atoms with E-state index in [2.05, 4.69) is 5.92 Å². The molecule has 1 fully saturated rings. The first kappa shape index (κ1) is 24.2. The Morgan fingerprint density at radius 3 is 2.19 bits per heavy atom. The molecule has 180 valence electrons. The number of halogens is 1. The average Bonchev–Trinajstić information content (AvgIpc) is 3.21. The number of ether oxygens (including phenoxy) is 1. The van der Waals surface area contributed by atoms with Crippen LogP contribution < -0.4 is 4.90 Å². The number of hydrogen-bond acceptors (Lipinski definition) is 4. The number of nitrogens with zero attached hydrogens (tertiary/aromatic N) is 3. The molecular formula is C29H24ClN3O2S. The van der Waals surface area contributed by atoms with Crippen LogP contribution in [0.3, 0.4) is 0 Å². The molecule has 0 radical (unpaired) electrons. The van der Waals surface area contributed by atoms with E-state index in [0.29, 0.717) is 10.9 Å². The number of thioether (sulfide) groups is 1. The Labute approximate surface area is 220 Å². The number of hydrogen-bond donors (Lipinski definition) is 0. The Kier molecular flexibility index (Phi) is 6.88. The van der Waals surface area contributed by atoms with Gasteiger partial charge < -0.3 is 4.74 Å². The van der Waals surface area contributed by atoms with Crippen LogP contribution in [0.15, 0.2) is 91.0 Å². The first-order valence-corrected chi connectivity index (χ1v) is 12.9. The summed E-state index contributed by atoms with van der Waals surface area (Å²) in [7, 11) is 0. The second-order valence-electron chi connectivity index (χ2n) is 8.39. The van der Waals surface area contributed by atoms with Crippen LogP contribution >= 0.6 is 23.4 Å². The minimum Gasteiger partial charge on any atom is -0.340 e. The number of aryl methyl sites for hydroxylation is 1. The molecule has 1 aliphatic rings. The third kappa shape index (κ3) is 4.20. The van der Waals surface area contributed by atoms with Gasteiger partial charge in [0.25, 0.3) is 5.91 Å². The zero-order valence-electron chi connectivity index (χ0n) is 19.7. The minimum atomic E-state index is -1.25. The molecule has 1 aliphatic heterocycles. The van der Waals surface area contributed by atoms with Crippen LogP contribution in [0.4, 0.5) is 5.69 Å². The summed E-state index contributed by atoms with van der Waals surface area (Å²) in [6.45, 7) is 1.90. The molecule has 0 unspecified atom stereocenters. The molecule has 7 heteroatoms. The van der Waals surface area contributed by atoms with Gasteiger partial charge in [0.1, 0.15) is 17.8 Å². The lowest BCUT2D eigenvalue weighted by Crippen LogP contribution is -2.68. The van der Waals surface area contributed by atoms with E-state index < -0.39 is 11.0 Å².